The topological polar surface area (TPSA) is 22.1 Å². The third kappa shape index (κ3) is 3.77. The largest absolute Gasteiger partial charge is 0.497 e. The number of nitrogens with zero attached hydrogens (tertiary/aromatic N) is 1. The summed E-state index contributed by atoms with van der Waals surface area (Å²) in [6.07, 6.45) is 8.02. The molecule has 1 rings (SSSR count). The molecule has 0 atom stereocenters. The maximum Gasteiger partial charge on any atom is 0.122 e. The van der Waals surface area contributed by atoms with Crippen LogP contribution in [-0.4, -0.2) is 12.1 Å². The second-order valence-electron chi connectivity index (χ2n) is 3.50. The summed E-state index contributed by atoms with van der Waals surface area (Å²) in [6, 6.07) is 3.90. The molecule has 2 nitrogen and oxygen atoms in total. The van der Waals surface area contributed by atoms with Gasteiger partial charge in [0.05, 0.1) is 7.11 Å². The molecule has 14 heavy (non-hydrogen) atoms. The highest BCUT2D eigenvalue weighted by molar-refractivity contribution is 5.22. The quantitative estimate of drug-likeness (QED) is 0.647. The van der Waals surface area contributed by atoms with Gasteiger partial charge in [-0.2, -0.15) is 0 Å². The van der Waals surface area contributed by atoms with E-state index in [1.165, 1.54) is 25.7 Å². The molecule has 0 saturated heterocycles. The molecule has 0 spiro atoms. The first-order valence-corrected chi connectivity index (χ1v) is 5.35. The summed E-state index contributed by atoms with van der Waals surface area (Å²) in [7, 11) is 1.69. The molecule has 0 aliphatic carbocycles. The van der Waals surface area contributed by atoms with Crippen LogP contribution in [0.5, 0.6) is 5.75 Å². The van der Waals surface area contributed by atoms with Crippen LogP contribution >= 0.6 is 0 Å². The van der Waals surface area contributed by atoms with Crippen molar-refractivity contribution in [3.63, 3.8) is 0 Å². The molecule has 1 aromatic heterocycles. The molecule has 1 heterocycles. The van der Waals surface area contributed by atoms with Gasteiger partial charge in [-0.1, -0.05) is 26.2 Å². The van der Waals surface area contributed by atoms with Crippen molar-refractivity contribution in [1.29, 1.82) is 0 Å². The maximum atomic E-state index is 5.14. The number of unbranched alkanes of at least 4 members (excludes halogenated alkanes) is 3. The molecule has 0 fully saturated rings. The van der Waals surface area contributed by atoms with Crippen molar-refractivity contribution < 1.29 is 4.74 Å². The molecule has 0 aliphatic rings. The van der Waals surface area contributed by atoms with Crippen molar-refractivity contribution in [3.05, 3.63) is 24.0 Å². The van der Waals surface area contributed by atoms with Gasteiger partial charge in [0.1, 0.15) is 5.75 Å². The molecular formula is C12H19NO. The Morgan fingerprint density at radius 2 is 2.14 bits per heavy atom. The van der Waals surface area contributed by atoms with Gasteiger partial charge in [0, 0.05) is 18.0 Å². The first kappa shape index (κ1) is 11.0. The first-order chi connectivity index (χ1) is 6.86. The van der Waals surface area contributed by atoms with Crippen LogP contribution in [0.1, 0.15) is 38.3 Å². The van der Waals surface area contributed by atoms with E-state index in [0.29, 0.717) is 0 Å². The Kier molecular flexibility index (Phi) is 5.05. The summed E-state index contributed by atoms with van der Waals surface area (Å²) >= 11 is 0. The van der Waals surface area contributed by atoms with Gasteiger partial charge in [-0.15, -0.1) is 0 Å². The molecule has 0 amide bonds. The molecule has 0 aromatic carbocycles. The van der Waals surface area contributed by atoms with Crippen molar-refractivity contribution in [1.82, 2.24) is 4.98 Å². The number of methoxy groups -OCH3 is 1. The lowest BCUT2D eigenvalue weighted by atomic mass is 10.1. The van der Waals surface area contributed by atoms with Gasteiger partial charge in [-0.25, -0.2) is 0 Å². The number of ether oxygens (including phenoxy) is 1. The van der Waals surface area contributed by atoms with Crippen LogP contribution in [0.25, 0.3) is 0 Å². The van der Waals surface area contributed by atoms with Crippen molar-refractivity contribution in [3.8, 4) is 5.75 Å². The number of hydrogen-bond donors (Lipinski definition) is 0. The lowest BCUT2D eigenvalue weighted by molar-refractivity contribution is 0.413. The minimum Gasteiger partial charge on any atom is -0.497 e. The standard InChI is InChI=1S/C12H19NO/c1-3-4-5-6-7-11-10-12(14-2)8-9-13-11/h8-10H,3-7H2,1-2H3. The highest BCUT2D eigenvalue weighted by atomic mass is 16.5. The van der Waals surface area contributed by atoms with Crippen LogP contribution in [0.2, 0.25) is 0 Å². The fourth-order valence-electron chi connectivity index (χ4n) is 1.45. The van der Waals surface area contributed by atoms with Gasteiger partial charge in [0.15, 0.2) is 0 Å². The van der Waals surface area contributed by atoms with Gasteiger partial charge in [-0.3, -0.25) is 4.98 Å². The zero-order chi connectivity index (χ0) is 10.2. The Morgan fingerprint density at radius 3 is 2.86 bits per heavy atom. The molecule has 0 unspecified atom stereocenters. The summed E-state index contributed by atoms with van der Waals surface area (Å²) in [5, 5.41) is 0. The van der Waals surface area contributed by atoms with Gasteiger partial charge in [0.25, 0.3) is 0 Å². The van der Waals surface area contributed by atoms with Crippen molar-refractivity contribution in [2.24, 2.45) is 0 Å². The van der Waals surface area contributed by atoms with E-state index in [-0.39, 0.29) is 0 Å². The van der Waals surface area contributed by atoms with E-state index in [0.717, 1.165) is 17.9 Å². The molecule has 1 aromatic rings. The van der Waals surface area contributed by atoms with E-state index in [4.69, 9.17) is 4.74 Å². The van der Waals surface area contributed by atoms with E-state index in [1.807, 2.05) is 18.3 Å². The second-order valence-corrected chi connectivity index (χ2v) is 3.50. The number of aromatic nitrogens is 1. The molecule has 0 saturated carbocycles. The summed E-state index contributed by atoms with van der Waals surface area (Å²) in [6.45, 7) is 2.23. The minimum absolute atomic E-state index is 0.908. The van der Waals surface area contributed by atoms with E-state index in [1.54, 1.807) is 7.11 Å². The summed E-state index contributed by atoms with van der Waals surface area (Å²) < 4.78 is 5.14. The van der Waals surface area contributed by atoms with Gasteiger partial charge in [-0.05, 0) is 18.9 Å². The average molecular weight is 193 g/mol. The Labute approximate surface area is 86.3 Å². The smallest absolute Gasteiger partial charge is 0.122 e. The van der Waals surface area contributed by atoms with Crippen molar-refractivity contribution >= 4 is 0 Å². The molecule has 0 bridgehead atoms. The highest BCUT2D eigenvalue weighted by Gasteiger charge is 1.96. The highest BCUT2D eigenvalue weighted by Crippen LogP contribution is 2.12. The fraction of sp³-hybridized carbons (Fsp3) is 0.583. The zero-order valence-corrected chi connectivity index (χ0v) is 9.12. The van der Waals surface area contributed by atoms with Crippen LogP contribution in [0, 0.1) is 0 Å². The summed E-state index contributed by atoms with van der Waals surface area (Å²) in [5.41, 5.74) is 1.14. The number of pyridine rings is 1. The average Bonchev–Trinajstić information content (AvgIpc) is 2.25. The second kappa shape index (κ2) is 6.41. The minimum atomic E-state index is 0.908. The van der Waals surface area contributed by atoms with Gasteiger partial charge in [0.2, 0.25) is 0 Å². The van der Waals surface area contributed by atoms with Crippen LogP contribution in [0.3, 0.4) is 0 Å². The lowest BCUT2D eigenvalue weighted by Crippen LogP contribution is -1.91. The van der Waals surface area contributed by atoms with Crippen LogP contribution < -0.4 is 4.74 Å². The van der Waals surface area contributed by atoms with Crippen LogP contribution in [-0.2, 0) is 6.42 Å². The van der Waals surface area contributed by atoms with E-state index < -0.39 is 0 Å². The fourth-order valence-corrected chi connectivity index (χ4v) is 1.45. The van der Waals surface area contributed by atoms with Crippen LogP contribution in [0.4, 0.5) is 0 Å². The first-order valence-electron chi connectivity index (χ1n) is 5.35. The van der Waals surface area contributed by atoms with E-state index >= 15 is 0 Å². The Hall–Kier alpha value is -1.05. The SMILES string of the molecule is CCCCCCc1cc(OC)ccn1. The molecule has 0 radical (unpaired) electrons. The predicted octanol–water partition coefficient (Wildman–Crippen LogP) is 3.21. The zero-order valence-electron chi connectivity index (χ0n) is 9.12. The molecule has 2 heteroatoms. The van der Waals surface area contributed by atoms with Crippen LogP contribution in [0.15, 0.2) is 18.3 Å². The van der Waals surface area contributed by atoms with E-state index in [2.05, 4.69) is 11.9 Å². The monoisotopic (exact) mass is 193 g/mol. The van der Waals surface area contributed by atoms with Crippen molar-refractivity contribution in [2.45, 2.75) is 39.0 Å². The Bertz CT molecular complexity index is 260. The molecule has 78 valence electrons. The molecular weight excluding hydrogens is 174 g/mol. The normalized spacial score (nSPS) is 10.1. The number of hydrogen-bond acceptors (Lipinski definition) is 2. The molecule has 0 N–H and O–H groups in total. The number of aryl methyl sites for hydroxylation is 1. The molecule has 0 aliphatic heterocycles. The van der Waals surface area contributed by atoms with Crippen molar-refractivity contribution in [2.75, 3.05) is 7.11 Å². The lowest BCUT2D eigenvalue weighted by Gasteiger charge is -2.03. The third-order valence-corrected chi connectivity index (χ3v) is 2.31. The predicted molar refractivity (Wildman–Crippen MR) is 58.6 cm³/mol. The summed E-state index contributed by atoms with van der Waals surface area (Å²) in [4.78, 5) is 4.30. The Morgan fingerprint density at radius 1 is 1.29 bits per heavy atom. The van der Waals surface area contributed by atoms with Gasteiger partial charge >= 0.3 is 0 Å². The van der Waals surface area contributed by atoms with E-state index in [9.17, 15) is 0 Å². The maximum absolute atomic E-state index is 5.14. The third-order valence-electron chi connectivity index (χ3n) is 2.31. The Balaban J connectivity index is 2.34. The van der Waals surface area contributed by atoms with Gasteiger partial charge < -0.3 is 4.74 Å². The number of rotatable bonds is 6. The summed E-state index contributed by atoms with van der Waals surface area (Å²) in [5.74, 6) is 0.908.